The van der Waals surface area contributed by atoms with Crippen LogP contribution < -0.4 is 0 Å². The largest absolute Gasteiger partial charge is 0.461 e. The lowest BCUT2D eigenvalue weighted by atomic mass is 10.2. The number of carbonyl (C=O) groups is 1. The molecule has 2 heterocycles. The first-order valence-electron chi connectivity index (χ1n) is 7.37. The molecule has 0 aliphatic heterocycles. The molecule has 0 saturated carbocycles. The molecular formula is C18H16N4O2. The molecule has 6 nitrogen and oxygen atoms in total. The van der Waals surface area contributed by atoms with Crippen LogP contribution in [0.15, 0.2) is 47.1 Å². The zero-order chi connectivity index (χ0) is 17.1. The second-order valence-corrected chi connectivity index (χ2v) is 5.35. The first-order chi connectivity index (χ1) is 11.6. The Morgan fingerprint density at radius 3 is 2.88 bits per heavy atom. The van der Waals surface area contributed by atoms with Gasteiger partial charge in [-0.2, -0.15) is 4.98 Å². The Bertz CT molecular complexity index is 903. The number of aryl methyl sites for hydroxylation is 1. The third kappa shape index (κ3) is 2.92. The summed E-state index contributed by atoms with van der Waals surface area (Å²) in [6, 6.07) is 11.3. The third-order valence-corrected chi connectivity index (χ3v) is 3.46. The molecule has 1 aromatic carbocycles. The molecule has 2 aromatic heterocycles. The van der Waals surface area contributed by atoms with Gasteiger partial charge in [-0.05, 0) is 36.8 Å². The highest BCUT2D eigenvalue weighted by Crippen LogP contribution is 2.22. The standard InChI is InChI=1S/C18H16N4O2/c1-4-10-21(3)18(23)16-19-17(15-9-6-11-24-15)22(20-16)14-8-5-7-13(2)12-14/h1,5-9,11-12H,10H2,2-3H3. The van der Waals surface area contributed by atoms with Gasteiger partial charge in [-0.3, -0.25) is 4.79 Å². The van der Waals surface area contributed by atoms with E-state index in [1.165, 1.54) is 4.90 Å². The van der Waals surface area contributed by atoms with Gasteiger partial charge in [-0.25, -0.2) is 4.68 Å². The van der Waals surface area contributed by atoms with Crippen molar-refractivity contribution in [1.29, 1.82) is 0 Å². The lowest BCUT2D eigenvalue weighted by molar-refractivity contribution is 0.0801. The van der Waals surface area contributed by atoms with Crippen LogP contribution in [0.5, 0.6) is 0 Å². The Balaban J connectivity index is 2.10. The van der Waals surface area contributed by atoms with Crippen molar-refractivity contribution >= 4 is 5.91 Å². The predicted octanol–water partition coefficient (Wildman–Crippen LogP) is 2.54. The molecule has 0 aliphatic rings. The van der Waals surface area contributed by atoms with E-state index in [0.717, 1.165) is 11.3 Å². The molecule has 0 radical (unpaired) electrons. The molecule has 0 N–H and O–H groups in total. The summed E-state index contributed by atoms with van der Waals surface area (Å²) < 4.78 is 7.03. The van der Waals surface area contributed by atoms with E-state index < -0.39 is 0 Å². The molecule has 120 valence electrons. The topological polar surface area (TPSA) is 64.2 Å². The van der Waals surface area contributed by atoms with E-state index >= 15 is 0 Å². The van der Waals surface area contributed by atoms with Gasteiger partial charge in [0.15, 0.2) is 11.6 Å². The lowest BCUT2D eigenvalue weighted by Crippen LogP contribution is -2.28. The van der Waals surface area contributed by atoms with Crippen molar-refractivity contribution in [3.63, 3.8) is 0 Å². The zero-order valence-corrected chi connectivity index (χ0v) is 13.4. The molecule has 1 amide bonds. The Morgan fingerprint density at radius 2 is 2.21 bits per heavy atom. The minimum Gasteiger partial charge on any atom is -0.461 e. The summed E-state index contributed by atoms with van der Waals surface area (Å²) in [5.41, 5.74) is 1.87. The average Bonchev–Trinajstić information content (AvgIpc) is 3.23. The number of aromatic nitrogens is 3. The summed E-state index contributed by atoms with van der Waals surface area (Å²) in [6.07, 6.45) is 6.81. The van der Waals surface area contributed by atoms with Gasteiger partial charge < -0.3 is 9.32 Å². The number of hydrogen-bond acceptors (Lipinski definition) is 4. The Labute approximate surface area is 139 Å². The number of hydrogen-bond donors (Lipinski definition) is 0. The first-order valence-corrected chi connectivity index (χ1v) is 7.37. The van der Waals surface area contributed by atoms with E-state index in [4.69, 9.17) is 10.8 Å². The maximum Gasteiger partial charge on any atom is 0.294 e. The third-order valence-electron chi connectivity index (χ3n) is 3.46. The van der Waals surface area contributed by atoms with Crippen molar-refractivity contribution in [3.05, 3.63) is 54.0 Å². The fraction of sp³-hybridized carbons (Fsp3) is 0.167. The van der Waals surface area contributed by atoms with Crippen molar-refractivity contribution in [1.82, 2.24) is 19.7 Å². The molecule has 0 atom stereocenters. The van der Waals surface area contributed by atoms with E-state index in [1.807, 2.05) is 31.2 Å². The molecular weight excluding hydrogens is 304 g/mol. The van der Waals surface area contributed by atoms with Gasteiger partial charge in [-0.15, -0.1) is 11.5 Å². The molecule has 0 bridgehead atoms. The van der Waals surface area contributed by atoms with Gasteiger partial charge in [0, 0.05) is 7.05 Å². The fourth-order valence-corrected chi connectivity index (χ4v) is 2.29. The molecule has 24 heavy (non-hydrogen) atoms. The van der Waals surface area contributed by atoms with Crippen molar-refractivity contribution in [2.45, 2.75) is 6.92 Å². The van der Waals surface area contributed by atoms with Gasteiger partial charge in [0.05, 0.1) is 18.5 Å². The average molecular weight is 320 g/mol. The Kier molecular flexibility index (Phi) is 4.17. The van der Waals surface area contributed by atoms with Gasteiger partial charge >= 0.3 is 0 Å². The van der Waals surface area contributed by atoms with Crippen molar-refractivity contribution in [2.75, 3.05) is 13.6 Å². The smallest absolute Gasteiger partial charge is 0.294 e. The molecule has 0 aliphatic carbocycles. The van der Waals surface area contributed by atoms with Crippen LogP contribution in [0.3, 0.4) is 0 Å². The quantitative estimate of drug-likeness (QED) is 0.693. The van der Waals surface area contributed by atoms with Crippen LogP contribution in [-0.2, 0) is 0 Å². The van der Waals surface area contributed by atoms with E-state index in [9.17, 15) is 4.79 Å². The fourth-order valence-electron chi connectivity index (χ4n) is 2.29. The van der Waals surface area contributed by atoms with E-state index in [1.54, 1.807) is 30.1 Å². The zero-order valence-electron chi connectivity index (χ0n) is 13.4. The lowest BCUT2D eigenvalue weighted by Gasteiger charge is -2.10. The Hall–Kier alpha value is -3.33. The van der Waals surface area contributed by atoms with Gasteiger partial charge in [0.25, 0.3) is 5.91 Å². The van der Waals surface area contributed by atoms with Crippen LogP contribution in [0.2, 0.25) is 0 Å². The van der Waals surface area contributed by atoms with Crippen LogP contribution in [0.4, 0.5) is 0 Å². The Morgan fingerprint density at radius 1 is 1.38 bits per heavy atom. The highest BCUT2D eigenvalue weighted by molar-refractivity contribution is 5.91. The second-order valence-electron chi connectivity index (χ2n) is 5.35. The molecule has 3 aromatic rings. The van der Waals surface area contributed by atoms with Crippen molar-refractivity contribution in [3.8, 4) is 29.6 Å². The van der Waals surface area contributed by atoms with Crippen molar-refractivity contribution in [2.24, 2.45) is 0 Å². The highest BCUT2D eigenvalue weighted by Gasteiger charge is 2.22. The second kappa shape index (κ2) is 6.42. The summed E-state index contributed by atoms with van der Waals surface area (Å²) in [4.78, 5) is 18.2. The number of nitrogens with zero attached hydrogens (tertiary/aromatic N) is 4. The number of rotatable bonds is 4. The van der Waals surface area contributed by atoms with E-state index in [2.05, 4.69) is 16.0 Å². The molecule has 3 rings (SSSR count). The number of amides is 1. The number of furan rings is 1. The van der Waals surface area contributed by atoms with Gasteiger partial charge in [-0.1, -0.05) is 18.1 Å². The monoisotopic (exact) mass is 320 g/mol. The molecule has 0 saturated heterocycles. The first kappa shape index (κ1) is 15.6. The minimum absolute atomic E-state index is 0.0701. The highest BCUT2D eigenvalue weighted by atomic mass is 16.3. The molecule has 0 unspecified atom stereocenters. The molecule has 6 heteroatoms. The normalized spacial score (nSPS) is 10.4. The summed E-state index contributed by atoms with van der Waals surface area (Å²) in [6.45, 7) is 2.17. The van der Waals surface area contributed by atoms with Crippen LogP contribution in [-0.4, -0.2) is 39.2 Å². The minimum atomic E-state index is -0.341. The summed E-state index contributed by atoms with van der Waals surface area (Å²) in [5.74, 6) is 3.15. The summed E-state index contributed by atoms with van der Waals surface area (Å²) in [5, 5.41) is 4.37. The van der Waals surface area contributed by atoms with Crippen molar-refractivity contribution < 1.29 is 9.21 Å². The van der Waals surface area contributed by atoms with E-state index in [-0.39, 0.29) is 18.3 Å². The maximum atomic E-state index is 12.4. The van der Waals surface area contributed by atoms with Crippen LogP contribution in [0.1, 0.15) is 16.2 Å². The number of terminal acetylenes is 1. The molecule has 0 spiro atoms. The van der Waals surface area contributed by atoms with Crippen LogP contribution >= 0.6 is 0 Å². The summed E-state index contributed by atoms with van der Waals surface area (Å²) >= 11 is 0. The van der Waals surface area contributed by atoms with Crippen LogP contribution in [0, 0.1) is 19.3 Å². The predicted molar refractivity (Wildman–Crippen MR) is 89.6 cm³/mol. The van der Waals surface area contributed by atoms with Gasteiger partial charge in [0.1, 0.15) is 0 Å². The SMILES string of the molecule is C#CCN(C)C(=O)c1nc(-c2ccco2)n(-c2cccc(C)c2)n1. The summed E-state index contributed by atoms with van der Waals surface area (Å²) in [7, 11) is 1.61. The van der Waals surface area contributed by atoms with Crippen LogP contribution in [0.25, 0.3) is 17.3 Å². The maximum absolute atomic E-state index is 12.4. The number of carbonyl (C=O) groups excluding carboxylic acids is 1. The van der Waals surface area contributed by atoms with Gasteiger partial charge in [0.2, 0.25) is 5.82 Å². The van der Waals surface area contributed by atoms with E-state index in [0.29, 0.717) is 11.6 Å². The molecule has 0 fully saturated rings. The number of benzene rings is 1.